The minimum absolute atomic E-state index is 0.0296. The number of phenolic OH excluding ortho intramolecular Hbond substituents is 1. The summed E-state index contributed by atoms with van der Waals surface area (Å²) in [5.74, 6) is 1.20. The van der Waals surface area contributed by atoms with Crippen molar-refractivity contribution in [3.05, 3.63) is 22.3 Å². The highest BCUT2D eigenvalue weighted by molar-refractivity contribution is 5.74. The Morgan fingerprint density at radius 3 is 2.23 bits per heavy atom. The molecule has 1 aromatic carbocycles. The summed E-state index contributed by atoms with van der Waals surface area (Å²) >= 11 is 0. The third-order valence-electron chi connectivity index (χ3n) is 6.78. The molecule has 1 heterocycles. The molecule has 2 rings (SSSR count). The van der Waals surface area contributed by atoms with Gasteiger partial charge in [0, 0.05) is 37.6 Å². The summed E-state index contributed by atoms with van der Waals surface area (Å²) in [5.41, 5.74) is 3.28. The first-order valence-electron chi connectivity index (χ1n) is 11.7. The maximum Gasteiger partial charge on any atom is 0.234 e. The van der Waals surface area contributed by atoms with Crippen molar-refractivity contribution in [2.24, 2.45) is 0 Å². The molecule has 0 radical (unpaired) electrons. The predicted octanol–water partition coefficient (Wildman–Crippen LogP) is 5.98. The van der Waals surface area contributed by atoms with Crippen LogP contribution in [-0.4, -0.2) is 39.7 Å². The van der Waals surface area contributed by atoms with Crippen LogP contribution < -0.4 is 4.74 Å². The van der Waals surface area contributed by atoms with E-state index in [0.29, 0.717) is 5.75 Å². The SMILES string of the molecule is CCCCCCC1(C)CC(N(C(C)=O)N(CC)CC)c2c(C)c(O)c(C)c(C)c2O1. The molecule has 0 aliphatic carbocycles. The largest absolute Gasteiger partial charge is 0.507 e. The highest BCUT2D eigenvalue weighted by Crippen LogP contribution is 2.51. The number of hydrazine groups is 1. The molecule has 0 bridgehead atoms. The number of aromatic hydroxyl groups is 1. The number of rotatable bonds is 9. The number of hydrogen-bond acceptors (Lipinski definition) is 4. The van der Waals surface area contributed by atoms with E-state index in [1.54, 1.807) is 6.92 Å². The van der Waals surface area contributed by atoms with Crippen LogP contribution in [0.3, 0.4) is 0 Å². The fourth-order valence-electron chi connectivity index (χ4n) is 4.89. The van der Waals surface area contributed by atoms with Gasteiger partial charge in [0.1, 0.15) is 17.1 Å². The van der Waals surface area contributed by atoms with Gasteiger partial charge in [0.25, 0.3) is 0 Å². The van der Waals surface area contributed by atoms with Crippen LogP contribution in [0.4, 0.5) is 0 Å². The van der Waals surface area contributed by atoms with Gasteiger partial charge in [-0.3, -0.25) is 9.80 Å². The van der Waals surface area contributed by atoms with Crippen LogP contribution in [0, 0.1) is 20.8 Å². The van der Waals surface area contributed by atoms with Crippen LogP contribution in [0.5, 0.6) is 11.5 Å². The van der Waals surface area contributed by atoms with E-state index >= 15 is 0 Å². The molecule has 0 spiro atoms. The average molecular weight is 419 g/mol. The second-order valence-electron chi connectivity index (χ2n) is 9.05. The van der Waals surface area contributed by atoms with Crippen LogP contribution in [-0.2, 0) is 4.79 Å². The number of unbranched alkanes of at least 4 members (excludes halogenated alkanes) is 3. The Labute approximate surface area is 183 Å². The van der Waals surface area contributed by atoms with Crippen LogP contribution in [0.1, 0.15) is 101 Å². The number of carbonyl (C=O) groups excluding carboxylic acids is 1. The van der Waals surface area contributed by atoms with Crippen molar-refractivity contribution < 1.29 is 14.6 Å². The van der Waals surface area contributed by atoms with Gasteiger partial charge >= 0.3 is 0 Å². The molecule has 30 heavy (non-hydrogen) atoms. The third kappa shape index (κ3) is 4.77. The van der Waals surface area contributed by atoms with E-state index < -0.39 is 0 Å². The van der Waals surface area contributed by atoms with Gasteiger partial charge in [-0.2, -0.15) is 0 Å². The monoisotopic (exact) mass is 418 g/mol. The van der Waals surface area contributed by atoms with Gasteiger partial charge in [-0.15, -0.1) is 0 Å². The van der Waals surface area contributed by atoms with E-state index in [1.807, 2.05) is 25.8 Å². The average Bonchev–Trinajstić information content (AvgIpc) is 2.71. The van der Waals surface area contributed by atoms with Gasteiger partial charge in [0.15, 0.2) is 0 Å². The van der Waals surface area contributed by atoms with Crippen molar-refractivity contribution in [2.75, 3.05) is 13.1 Å². The van der Waals surface area contributed by atoms with Gasteiger partial charge in [0.2, 0.25) is 5.91 Å². The molecule has 1 amide bonds. The molecule has 0 fully saturated rings. The van der Waals surface area contributed by atoms with Crippen LogP contribution in [0.15, 0.2) is 0 Å². The van der Waals surface area contributed by atoms with Gasteiger partial charge in [-0.05, 0) is 51.7 Å². The standard InChI is InChI=1S/C25H42N2O3/c1-9-12-13-14-15-25(8)16-21(27(20(7)28)26(10-2)11-3)22-19(6)23(29)17(4)18(5)24(22)30-25/h21,29H,9-16H2,1-8H3. The Hall–Kier alpha value is -1.75. The summed E-state index contributed by atoms with van der Waals surface area (Å²) in [5, 5.41) is 14.8. The highest BCUT2D eigenvalue weighted by Gasteiger charge is 2.44. The van der Waals surface area contributed by atoms with E-state index in [9.17, 15) is 9.90 Å². The molecule has 170 valence electrons. The molecule has 5 nitrogen and oxygen atoms in total. The molecule has 2 unspecified atom stereocenters. The second-order valence-corrected chi connectivity index (χ2v) is 9.05. The van der Waals surface area contributed by atoms with Crippen molar-refractivity contribution in [2.45, 2.75) is 106 Å². The summed E-state index contributed by atoms with van der Waals surface area (Å²) in [6.07, 6.45) is 6.45. The van der Waals surface area contributed by atoms with Gasteiger partial charge in [-0.1, -0.05) is 40.0 Å². The molecule has 2 atom stereocenters. The van der Waals surface area contributed by atoms with Crippen LogP contribution in [0.2, 0.25) is 0 Å². The zero-order valence-electron chi connectivity index (χ0n) is 20.4. The highest BCUT2D eigenvalue weighted by atomic mass is 16.5. The normalized spacial score (nSPS) is 20.8. The second kappa shape index (κ2) is 10.0. The van der Waals surface area contributed by atoms with E-state index in [4.69, 9.17) is 4.74 Å². The lowest BCUT2D eigenvalue weighted by Crippen LogP contribution is -2.52. The Morgan fingerprint density at radius 1 is 1.07 bits per heavy atom. The third-order valence-corrected chi connectivity index (χ3v) is 6.78. The number of hydrogen-bond donors (Lipinski definition) is 1. The summed E-state index contributed by atoms with van der Waals surface area (Å²) in [7, 11) is 0. The molecule has 5 heteroatoms. The van der Waals surface area contributed by atoms with Crippen LogP contribution >= 0.6 is 0 Å². The number of nitrogens with zero attached hydrogens (tertiary/aromatic N) is 2. The van der Waals surface area contributed by atoms with Gasteiger partial charge in [-0.25, -0.2) is 5.01 Å². The number of phenols is 1. The summed E-state index contributed by atoms with van der Waals surface area (Å²) in [6, 6.07) is -0.146. The maximum atomic E-state index is 12.9. The molecular formula is C25H42N2O3. The minimum Gasteiger partial charge on any atom is -0.507 e. The number of carbonyl (C=O) groups is 1. The molecule has 1 aliphatic rings. The van der Waals surface area contributed by atoms with Crippen LogP contribution in [0.25, 0.3) is 0 Å². The Balaban J connectivity index is 2.61. The zero-order chi connectivity index (χ0) is 22.6. The lowest BCUT2D eigenvalue weighted by molar-refractivity contribution is -0.157. The predicted molar refractivity (Wildman–Crippen MR) is 123 cm³/mol. The van der Waals surface area contributed by atoms with E-state index in [0.717, 1.165) is 60.4 Å². The molecular weight excluding hydrogens is 376 g/mol. The first kappa shape index (κ1) is 24.5. The number of ether oxygens (including phenoxy) is 1. The quantitative estimate of drug-likeness (QED) is 0.396. The summed E-state index contributed by atoms with van der Waals surface area (Å²) < 4.78 is 6.69. The van der Waals surface area contributed by atoms with E-state index in [1.165, 1.54) is 19.3 Å². The fourth-order valence-corrected chi connectivity index (χ4v) is 4.89. The van der Waals surface area contributed by atoms with Gasteiger partial charge in [0.05, 0.1) is 6.04 Å². The molecule has 1 aromatic rings. The van der Waals surface area contributed by atoms with Crippen molar-refractivity contribution >= 4 is 5.91 Å². The topological polar surface area (TPSA) is 53.0 Å². The first-order valence-corrected chi connectivity index (χ1v) is 11.7. The first-order chi connectivity index (χ1) is 14.1. The number of fused-ring (bicyclic) bond motifs is 1. The zero-order valence-corrected chi connectivity index (χ0v) is 20.4. The van der Waals surface area contributed by atoms with Crippen molar-refractivity contribution in [1.82, 2.24) is 10.0 Å². The fraction of sp³-hybridized carbons (Fsp3) is 0.720. The Bertz CT molecular complexity index is 757. The molecule has 0 saturated carbocycles. The Kier molecular flexibility index (Phi) is 8.20. The number of amides is 1. The summed E-state index contributed by atoms with van der Waals surface area (Å²) in [4.78, 5) is 12.9. The molecule has 1 aliphatic heterocycles. The number of benzene rings is 1. The van der Waals surface area contributed by atoms with Gasteiger partial charge < -0.3 is 9.84 Å². The smallest absolute Gasteiger partial charge is 0.234 e. The molecule has 1 N–H and O–H groups in total. The van der Waals surface area contributed by atoms with Crippen molar-refractivity contribution in [3.8, 4) is 11.5 Å². The molecule has 0 saturated heterocycles. The Morgan fingerprint density at radius 2 is 1.70 bits per heavy atom. The molecule has 0 aromatic heterocycles. The van der Waals surface area contributed by atoms with Crippen molar-refractivity contribution in [3.63, 3.8) is 0 Å². The minimum atomic E-state index is -0.340. The maximum absolute atomic E-state index is 12.9. The summed E-state index contributed by atoms with van der Waals surface area (Å²) in [6.45, 7) is 17.6. The lowest BCUT2D eigenvalue weighted by atomic mass is 9.81. The van der Waals surface area contributed by atoms with Crippen molar-refractivity contribution in [1.29, 1.82) is 0 Å². The van der Waals surface area contributed by atoms with E-state index in [-0.39, 0.29) is 17.6 Å². The van der Waals surface area contributed by atoms with E-state index in [2.05, 4.69) is 32.7 Å². The lowest BCUT2D eigenvalue weighted by Gasteiger charge is -2.48.